The summed E-state index contributed by atoms with van der Waals surface area (Å²) in [5, 5.41) is 5.81. The first-order chi connectivity index (χ1) is 19.8. The second kappa shape index (κ2) is 12.1. The molecule has 4 heteroatoms. The minimum absolute atomic E-state index is 0.378. The van der Waals surface area contributed by atoms with Gasteiger partial charge in [0.2, 0.25) is 0 Å². The van der Waals surface area contributed by atoms with Gasteiger partial charge in [0, 0.05) is 0 Å². The van der Waals surface area contributed by atoms with Crippen molar-refractivity contribution in [2.24, 2.45) is 0 Å². The Kier molecular flexibility index (Phi) is 8.16. The van der Waals surface area contributed by atoms with Gasteiger partial charge in [-0.25, -0.2) is 0 Å². The third-order valence-corrected chi connectivity index (χ3v) is 14.3. The van der Waals surface area contributed by atoms with Gasteiger partial charge in [-0.15, -0.1) is 0 Å². The normalized spacial score (nSPS) is 12.2. The summed E-state index contributed by atoms with van der Waals surface area (Å²) in [5.74, 6) is 0. The molecule has 204 valence electrons. The second-order valence-corrected chi connectivity index (χ2v) is 16.8. The quantitative estimate of drug-likeness (QED) is 0.0918. The molecule has 0 nitrogen and oxygen atoms in total. The van der Waals surface area contributed by atoms with Crippen LogP contribution in [-0.2, 0) is 6.42 Å². The number of hydrogen-bond donors (Lipinski definition) is 0. The van der Waals surface area contributed by atoms with Gasteiger partial charge in [-0.05, 0) is 0 Å². The van der Waals surface area contributed by atoms with Gasteiger partial charge in [-0.1, -0.05) is 64.7 Å². The fraction of sp³-hybridized carbons (Fsp3) is 0.333. The minimum atomic E-state index is 0.378. The molecular weight excluding hydrogens is 608 g/mol. The van der Waals surface area contributed by atoms with E-state index in [1.165, 1.54) is 130 Å². The molecule has 0 bridgehead atoms. The van der Waals surface area contributed by atoms with Gasteiger partial charge in [0.15, 0.2) is 0 Å². The number of benzene rings is 3. The summed E-state index contributed by atoms with van der Waals surface area (Å²) >= 11 is 6.41. The zero-order chi connectivity index (χ0) is 26.9. The fourth-order valence-corrected chi connectivity index (χ4v) is 12.1. The van der Waals surface area contributed by atoms with E-state index in [1.807, 2.05) is 34.0 Å². The molecule has 0 radical (unpaired) electrons. The van der Waals surface area contributed by atoms with Crippen LogP contribution in [0.4, 0.5) is 0 Å². The van der Waals surface area contributed by atoms with Crippen LogP contribution in [0.3, 0.4) is 0 Å². The number of aryl methyl sites for hydroxylation is 1. The molecule has 0 fully saturated rings. The zero-order valence-electron chi connectivity index (χ0n) is 23.3. The number of fused-ring (bicyclic) bond motifs is 7. The Balaban J connectivity index is 1.07. The fourth-order valence-electron chi connectivity index (χ4n) is 6.03. The molecule has 0 aliphatic carbocycles. The number of thiophene rings is 3. The molecule has 7 rings (SSSR count). The Bertz CT molecular complexity index is 1900. The Morgan fingerprint density at radius 2 is 1.23 bits per heavy atom. The predicted octanol–water partition coefficient (Wildman–Crippen LogP) is 12.8. The molecule has 0 atom stereocenters. The Morgan fingerprint density at radius 1 is 0.575 bits per heavy atom. The van der Waals surface area contributed by atoms with Crippen LogP contribution < -0.4 is 0 Å². The van der Waals surface area contributed by atoms with E-state index in [2.05, 4.69) is 73.7 Å². The van der Waals surface area contributed by atoms with Crippen molar-refractivity contribution >= 4 is 97.8 Å². The number of hydrogen-bond acceptors (Lipinski definition) is 3. The average Bonchev–Trinajstić information content (AvgIpc) is 3.73. The topological polar surface area (TPSA) is 0 Å². The van der Waals surface area contributed by atoms with Crippen LogP contribution in [0.2, 0.25) is 0 Å². The summed E-state index contributed by atoms with van der Waals surface area (Å²) in [4.78, 5) is 1.57. The Labute approximate surface area is 255 Å². The molecule has 0 amide bonds. The van der Waals surface area contributed by atoms with Gasteiger partial charge >= 0.3 is 192 Å². The SMILES string of the molecule is CCCCCCCCCCCCc1cc2cc3sc4c5cc6[se]c(-c7ccccc7)cc6cc5sc4c3cc2s1. The van der Waals surface area contributed by atoms with Crippen LogP contribution in [0.1, 0.15) is 76.0 Å². The van der Waals surface area contributed by atoms with Gasteiger partial charge < -0.3 is 0 Å². The molecule has 40 heavy (non-hydrogen) atoms. The van der Waals surface area contributed by atoms with E-state index in [1.54, 1.807) is 4.88 Å². The molecule has 7 aromatic rings. The molecule has 4 heterocycles. The van der Waals surface area contributed by atoms with Crippen molar-refractivity contribution in [2.45, 2.75) is 77.6 Å². The van der Waals surface area contributed by atoms with Crippen LogP contribution in [0, 0.1) is 0 Å². The summed E-state index contributed by atoms with van der Waals surface area (Å²) in [5.41, 5.74) is 1.38. The molecular formula is C36H36S3Se. The van der Waals surface area contributed by atoms with Crippen LogP contribution in [0.5, 0.6) is 0 Å². The van der Waals surface area contributed by atoms with Gasteiger partial charge in [0.25, 0.3) is 0 Å². The van der Waals surface area contributed by atoms with Crippen LogP contribution >= 0.6 is 34.0 Å². The van der Waals surface area contributed by atoms with Crippen LogP contribution in [0.15, 0.2) is 66.7 Å². The van der Waals surface area contributed by atoms with Gasteiger partial charge in [0.1, 0.15) is 0 Å². The molecule has 0 unspecified atom stereocenters. The number of unbranched alkanes of at least 4 members (excludes halogenated alkanes) is 9. The maximum atomic E-state index is 2.51. The zero-order valence-corrected chi connectivity index (χ0v) is 27.4. The van der Waals surface area contributed by atoms with E-state index in [0.29, 0.717) is 14.5 Å². The van der Waals surface area contributed by atoms with Gasteiger partial charge in [0.05, 0.1) is 0 Å². The summed E-state index contributed by atoms with van der Waals surface area (Å²) < 4.78 is 10.4. The maximum absolute atomic E-state index is 2.51. The van der Waals surface area contributed by atoms with Crippen molar-refractivity contribution in [3.8, 4) is 10.0 Å². The summed E-state index contributed by atoms with van der Waals surface area (Å²) in [6.07, 6.45) is 15.3. The van der Waals surface area contributed by atoms with Gasteiger partial charge in [-0.2, -0.15) is 0 Å². The van der Waals surface area contributed by atoms with E-state index in [4.69, 9.17) is 0 Å². The van der Waals surface area contributed by atoms with E-state index in [-0.39, 0.29) is 0 Å². The third kappa shape index (κ3) is 5.46. The van der Waals surface area contributed by atoms with E-state index >= 15 is 0 Å². The average molecular weight is 644 g/mol. The Morgan fingerprint density at radius 3 is 1.95 bits per heavy atom. The summed E-state index contributed by atoms with van der Waals surface area (Å²) in [6, 6.07) is 25.8. The van der Waals surface area contributed by atoms with Crippen molar-refractivity contribution in [3.05, 3.63) is 71.6 Å². The standard InChI is InChI=1S/C36H36S3Se/c1-2-3-4-5-6-7-8-9-10-14-17-27-18-25-19-31-28(22-30(25)37-27)35-36(38-31)29-23-34-26(20-32(29)39-35)21-33(40-34)24-15-12-11-13-16-24/h11-13,15-16,18-23H,2-10,14,17H2,1H3. The van der Waals surface area contributed by atoms with Gasteiger partial charge in [-0.3, -0.25) is 0 Å². The first kappa shape index (κ1) is 26.9. The van der Waals surface area contributed by atoms with Crippen molar-refractivity contribution < 1.29 is 0 Å². The summed E-state index contributed by atoms with van der Waals surface area (Å²) in [6.45, 7) is 2.30. The van der Waals surface area contributed by atoms with E-state index in [9.17, 15) is 0 Å². The molecule has 3 aromatic carbocycles. The number of rotatable bonds is 12. The van der Waals surface area contributed by atoms with Crippen molar-refractivity contribution in [3.63, 3.8) is 0 Å². The van der Waals surface area contributed by atoms with Crippen molar-refractivity contribution in [2.75, 3.05) is 0 Å². The van der Waals surface area contributed by atoms with Crippen LogP contribution in [-0.4, -0.2) is 14.5 Å². The molecule has 0 spiro atoms. The first-order valence-electron chi connectivity index (χ1n) is 15.1. The monoisotopic (exact) mass is 644 g/mol. The Hall–Kier alpha value is -1.94. The van der Waals surface area contributed by atoms with Crippen LogP contribution in [0.25, 0.3) is 59.3 Å². The molecule has 0 saturated carbocycles. The predicted molar refractivity (Wildman–Crippen MR) is 186 cm³/mol. The second-order valence-electron chi connectivity index (χ2n) is 11.3. The van der Waals surface area contributed by atoms with E-state index < -0.39 is 0 Å². The van der Waals surface area contributed by atoms with E-state index in [0.717, 1.165) is 0 Å². The first-order valence-corrected chi connectivity index (χ1v) is 19.2. The third-order valence-electron chi connectivity index (χ3n) is 8.24. The molecule has 0 aliphatic heterocycles. The van der Waals surface area contributed by atoms with Crippen molar-refractivity contribution in [1.82, 2.24) is 0 Å². The molecule has 0 aliphatic rings. The molecule has 0 N–H and O–H groups in total. The summed E-state index contributed by atoms with van der Waals surface area (Å²) in [7, 11) is 0. The van der Waals surface area contributed by atoms with Crippen molar-refractivity contribution in [1.29, 1.82) is 0 Å². The molecule has 4 aromatic heterocycles. The molecule has 0 saturated heterocycles.